The van der Waals surface area contributed by atoms with Crippen molar-refractivity contribution in [3.05, 3.63) is 57.8 Å². The highest BCUT2D eigenvalue weighted by atomic mass is 32.2. The van der Waals surface area contributed by atoms with Crippen LogP contribution in [0.4, 0.5) is 0 Å². The van der Waals surface area contributed by atoms with E-state index < -0.39 is 10.0 Å². The quantitative estimate of drug-likeness (QED) is 0.857. The first-order valence-corrected chi connectivity index (χ1v) is 10.6. The SMILES string of the molecule is Cc1cccc(CS(=O)(=O)NCC2(c3ccsc3)CCCC2)c1. The molecule has 1 fully saturated rings. The fraction of sp³-hybridized carbons (Fsp3) is 0.444. The van der Waals surface area contributed by atoms with Crippen LogP contribution in [0.1, 0.15) is 42.4 Å². The van der Waals surface area contributed by atoms with Crippen LogP contribution in [0.2, 0.25) is 0 Å². The maximum Gasteiger partial charge on any atom is 0.215 e. The second-order valence-corrected chi connectivity index (χ2v) is 9.16. The van der Waals surface area contributed by atoms with E-state index >= 15 is 0 Å². The molecule has 2 aromatic rings. The molecule has 23 heavy (non-hydrogen) atoms. The molecule has 0 spiro atoms. The Hall–Kier alpha value is -1.17. The van der Waals surface area contributed by atoms with E-state index in [2.05, 4.69) is 21.5 Å². The Labute approximate surface area is 142 Å². The van der Waals surface area contributed by atoms with E-state index in [1.807, 2.05) is 31.2 Å². The van der Waals surface area contributed by atoms with Crippen molar-refractivity contribution in [1.82, 2.24) is 4.72 Å². The summed E-state index contributed by atoms with van der Waals surface area (Å²) in [5, 5.41) is 4.25. The van der Waals surface area contributed by atoms with Crippen molar-refractivity contribution in [2.75, 3.05) is 6.54 Å². The Morgan fingerprint density at radius 2 is 2.00 bits per heavy atom. The third kappa shape index (κ3) is 4.03. The Morgan fingerprint density at radius 3 is 2.65 bits per heavy atom. The van der Waals surface area contributed by atoms with Crippen molar-refractivity contribution in [1.29, 1.82) is 0 Å². The second kappa shape index (κ2) is 6.75. The summed E-state index contributed by atoms with van der Waals surface area (Å²) >= 11 is 1.69. The molecule has 0 bridgehead atoms. The Morgan fingerprint density at radius 1 is 1.22 bits per heavy atom. The van der Waals surface area contributed by atoms with Gasteiger partial charge in [-0.25, -0.2) is 13.1 Å². The summed E-state index contributed by atoms with van der Waals surface area (Å²) in [6, 6.07) is 9.84. The highest BCUT2D eigenvalue weighted by Crippen LogP contribution is 2.41. The molecule has 3 nitrogen and oxygen atoms in total. The Bertz CT molecular complexity index is 745. The molecular formula is C18H23NO2S2. The van der Waals surface area contributed by atoms with E-state index in [-0.39, 0.29) is 11.2 Å². The van der Waals surface area contributed by atoms with Gasteiger partial charge in [0.15, 0.2) is 0 Å². The van der Waals surface area contributed by atoms with Gasteiger partial charge in [0.05, 0.1) is 5.75 Å². The number of rotatable bonds is 6. The van der Waals surface area contributed by atoms with Crippen LogP contribution in [0.25, 0.3) is 0 Å². The lowest BCUT2D eigenvalue weighted by Crippen LogP contribution is -2.39. The van der Waals surface area contributed by atoms with Crippen molar-refractivity contribution in [3.8, 4) is 0 Å². The van der Waals surface area contributed by atoms with Crippen molar-refractivity contribution in [2.24, 2.45) is 0 Å². The summed E-state index contributed by atoms with van der Waals surface area (Å²) in [5.41, 5.74) is 3.20. The van der Waals surface area contributed by atoms with Gasteiger partial charge in [0, 0.05) is 12.0 Å². The third-order valence-corrected chi connectivity index (χ3v) is 6.74. The van der Waals surface area contributed by atoms with Crippen LogP contribution in [0.15, 0.2) is 41.1 Å². The lowest BCUT2D eigenvalue weighted by molar-refractivity contribution is 0.433. The van der Waals surface area contributed by atoms with E-state index in [4.69, 9.17) is 0 Å². The first kappa shape index (κ1) is 16.7. The average molecular weight is 350 g/mol. The minimum Gasteiger partial charge on any atom is -0.214 e. The van der Waals surface area contributed by atoms with Gasteiger partial charge in [0.2, 0.25) is 10.0 Å². The maximum atomic E-state index is 12.5. The molecule has 1 aliphatic carbocycles. The summed E-state index contributed by atoms with van der Waals surface area (Å²) in [6.07, 6.45) is 4.48. The number of sulfonamides is 1. The first-order valence-electron chi connectivity index (χ1n) is 8.05. The number of aryl methyl sites for hydroxylation is 1. The van der Waals surface area contributed by atoms with Gasteiger partial charge >= 0.3 is 0 Å². The molecule has 0 radical (unpaired) electrons. The molecule has 3 rings (SSSR count). The van der Waals surface area contributed by atoms with Crippen LogP contribution in [0.3, 0.4) is 0 Å². The first-order chi connectivity index (χ1) is 11.0. The van der Waals surface area contributed by atoms with Gasteiger partial charge in [-0.2, -0.15) is 11.3 Å². The van der Waals surface area contributed by atoms with Crippen LogP contribution in [-0.2, 0) is 21.2 Å². The van der Waals surface area contributed by atoms with E-state index in [9.17, 15) is 8.42 Å². The maximum absolute atomic E-state index is 12.5. The van der Waals surface area contributed by atoms with Gasteiger partial charge in [-0.05, 0) is 47.7 Å². The molecule has 0 amide bonds. The molecule has 1 N–H and O–H groups in total. The predicted molar refractivity (Wildman–Crippen MR) is 96.3 cm³/mol. The molecule has 1 aliphatic rings. The van der Waals surface area contributed by atoms with Gasteiger partial charge in [-0.1, -0.05) is 42.7 Å². The molecule has 0 saturated heterocycles. The van der Waals surface area contributed by atoms with Gasteiger partial charge in [0.25, 0.3) is 0 Å². The molecule has 1 aromatic carbocycles. The van der Waals surface area contributed by atoms with Gasteiger partial charge in [-0.15, -0.1) is 0 Å². The molecule has 1 aromatic heterocycles. The lowest BCUT2D eigenvalue weighted by atomic mass is 9.81. The van der Waals surface area contributed by atoms with Gasteiger partial charge in [-0.3, -0.25) is 0 Å². The van der Waals surface area contributed by atoms with Crippen LogP contribution in [0.5, 0.6) is 0 Å². The minimum atomic E-state index is -3.31. The van der Waals surface area contributed by atoms with Crippen LogP contribution in [0, 0.1) is 6.92 Å². The zero-order chi connectivity index (χ0) is 16.3. The number of hydrogen-bond donors (Lipinski definition) is 1. The Balaban J connectivity index is 1.70. The molecule has 5 heteroatoms. The number of nitrogens with one attached hydrogen (secondary N) is 1. The molecule has 1 heterocycles. The smallest absolute Gasteiger partial charge is 0.214 e. The highest BCUT2D eigenvalue weighted by Gasteiger charge is 2.36. The van der Waals surface area contributed by atoms with Crippen molar-refractivity contribution in [3.63, 3.8) is 0 Å². The summed E-state index contributed by atoms with van der Waals surface area (Å²) < 4.78 is 27.8. The summed E-state index contributed by atoms with van der Waals surface area (Å²) in [4.78, 5) is 0. The fourth-order valence-electron chi connectivity index (χ4n) is 3.51. The molecule has 124 valence electrons. The van der Waals surface area contributed by atoms with E-state index in [1.165, 1.54) is 18.4 Å². The molecular weight excluding hydrogens is 326 g/mol. The van der Waals surface area contributed by atoms with Crippen molar-refractivity contribution in [2.45, 2.75) is 43.8 Å². The van der Waals surface area contributed by atoms with Crippen molar-refractivity contribution >= 4 is 21.4 Å². The predicted octanol–water partition coefficient (Wildman–Crippen LogP) is 3.99. The highest BCUT2D eigenvalue weighted by molar-refractivity contribution is 7.88. The molecule has 0 aliphatic heterocycles. The zero-order valence-electron chi connectivity index (χ0n) is 13.4. The zero-order valence-corrected chi connectivity index (χ0v) is 15.1. The summed E-state index contributed by atoms with van der Waals surface area (Å²) in [7, 11) is -3.31. The monoisotopic (exact) mass is 349 g/mol. The van der Waals surface area contributed by atoms with E-state index in [0.29, 0.717) is 6.54 Å². The van der Waals surface area contributed by atoms with Gasteiger partial charge < -0.3 is 0 Å². The molecule has 0 unspecified atom stereocenters. The van der Waals surface area contributed by atoms with Crippen LogP contribution >= 0.6 is 11.3 Å². The fourth-order valence-corrected chi connectivity index (χ4v) is 5.50. The Kier molecular flexibility index (Phi) is 4.90. The average Bonchev–Trinajstić information content (AvgIpc) is 3.17. The van der Waals surface area contributed by atoms with Gasteiger partial charge in [0.1, 0.15) is 0 Å². The number of hydrogen-bond acceptors (Lipinski definition) is 3. The minimum absolute atomic E-state index is 0.0142. The summed E-state index contributed by atoms with van der Waals surface area (Å²) in [5.74, 6) is 0.0500. The number of thiophene rings is 1. The topological polar surface area (TPSA) is 46.2 Å². The normalized spacial score (nSPS) is 17.4. The summed E-state index contributed by atoms with van der Waals surface area (Å²) in [6.45, 7) is 2.49. The standard InChI is InChI=1S/C18H23NO2S2/c1-15-5-4-6-16(11-15)13-23(20,21)19-14-18(8-2-3-9-18)17-7-10-22-12-17/h4-7,10-12,19H,2-3,8-9,13-14H2,1H3. The molecule has 0 atom stereocenters. The van der Waals surface area contributed by atoms with Crippen LogP contribution in [-0.4, -0.2) is 15.0 Å². The van der Waals surface area contributed by atoms with E-state index in [0.717, 1.165) is 24.0 Å². The second-order valence-electron chi connectivity index (χ2n) is 6.57. The van der Waals surface area contributed by atoms with E-state index in [1.54, 1.807) is 11.3 Å². The number of benzene rings is 1. The van der Waals surface area contributed by atoms with Crippen LogP contribution < -0.4 is 4.72 Å². The largest absolute Gasteiger partial charge is 0.215 e. The van der Waals surface area contributed by atoms with Crippen molar-refractivity contribution < 1.29 is 8.42 Å². The third-order valence-electron chi connectivity index (χ3n) is 4.76. The lowest BCUT2D eigenvalue weighted by Gasteiger charge is -2.28. The molecule has 1 saturated carbocycles.